The van der Waals surface area contributed by atoms with Gasteiger partial charge in [-0.15, -0.1) is 0 Å². The first-order valence-corrected chi connectivity index (χ1v) is 9.29. The number of nitrogens with one attached hydrogen (secondary N) is 2. The number of hydrogen-bond donors (Lipinski definition) is 2. The van der Waals surface area contributed by atoms with Gasteiger partial charge in [0.2, 0.25) is 5.43 Å². The summed E-state index contributed by atoms with van der Waals surface area (Å²) in [7, 11) is 0. The van der Waals surface area contributed by atoms with Crippen LogP contribution >= 0.6 is 11.8 Å². The van der Waals surface area contributed by atoms with Crippen molar-refractivity contribution in [2.45, 2.75) is 36.9 Å². The molecule has 0 bridgehead atoms. The smallest absolute Gasteiger partial charge is 0.275 e. The third-order valence-electron chi connectivity index (χ3n) is 4.74. The maximum atomic E-state index is 13.7. The number of fused-ring (bicyclic) bond motifs is 1. The van der Waals surface area contributed by atoms with Crippen LogP contribution in [0.15, 0.2) is 23.0 Å². The number of H-pyrrole nitrogens is 1. The number of para-hydroxylation sites is 1. The SMILES string of the molecule is CSC1(CNC(=O)c2n[nH]c3c(F)cccc3c2=O)CCCCC1. The van der Waals surface area contributed by atoms with Gasteiger partial charge in [-0.3, -0.25) is 14.7 Å². The second-order valence-electron chi connectivity index (χ2n) is 6.19. The van der Waals surface area contributed by atoms with Crippen molar-refractivity contribution in [3.8, 4) is 0 Å². The van der Waals surface area contributed by atoms with E-state index in [1.807, 2.05) is 0 Å². The third kappa shape index (κ3) is 3.17. The van der Waals surface area contributed by atoms with Gasteiger partial charge in [0.25, 0.3) is 5.91 Å². The van der Waals surface area contributed by atoms with Crippen molar-refractivity contribution in [1.82, 2.24) is 15.5 Å². The van der Waals surface area contributed by atoms with Crippen molar-refractivity contribution in [3.63, 3.8) is 0 Å². The van der Waals surface area contributed by atoms with Gasteiger partial charge in [-0.05, 0) is 31.2 Å². The highest BCUT2D eigenvalue weighted by atomic mass is 32.2. The topological polar surface area (TPSA) is 74.8 Å². The Kier molecular flexibility index (Phi) is 4.89. The van der Waals surface area contributed by atoms with E-state index in [9.17, 15) is 14.0 Å². The fourth-order valence-corrected chi connectivity index (χ4v) is 4.16. The molecule has 24 heavy (non-hydrogen) atoms. The molecule has 0 atom stereocenters. The van der Waals surface area contributed by atoms with Crippen molar-refractivity contribution >= 4 is 28.6 Å². The summed E-state index contributed by atoms with van der Waals surface area (Å²) in [6.07, 6.45) is 7.72. The number of amides is 1. The summed E-state index contributed by atoms with van der Waals surface area (Å²) in [6, 6.07) is 4.17. The van der Waals surface area contributed by atoms with Crippen LogP contribution in [0, 0.1) is 5.82 Å². The molecule has 1 aromatic carbocycles. The van der Waals surface area contributed by atoms with Gasteiger partial charge in [0, 0.05) is 11.3 Å². The largest absolute Gasteiger partial charge is 0.349 e. The van der Waals surface area contributed by atoms with Gasteiger partial charge >= 0.3 is 0 Å². The van der Waals surface area contributed by atoms with Crippen LogP contribution in [0.2, 0.25) is 0 Å². The van der Waals surface area contributed by atoms with Gasteiger partial charge in [-0.25, -0.2) is 4.39 Å². The van der Waals surface area contributed by atoms with Crippen molar-refractivity contribution < 1.29 is 9.18 Å². The number of carbonyl (C=O) groups is 1. The number of aromatic nitrogens is 2. The normalized spacial score (nSPS) is 16.9. The molecule has 0 aliphatic heterocycles. The molecular weight excluding hydrogens is 329 g/mol. The van der Waals surface area contributed by atoms with Crippen LogP contribution in [0.3, 0.4) is 0 Å². The predicted octanol–water partition coefficient (Wildman–Crippen LogP) is 2.86. The Morgan fingerprint density at radius 1 is 1.38 bits per heavy atom. The Bertz CT molecular complexity index is 815. The second-order valence-corrected chi connectivity index (χ2v) is 7.47. The molecule has 1 saturated carbocycles. The lowest BCUT2D eigenvalue weighted by Crippen LogP contribution is -2.43. The number of nitrogens with zero attached hydrogens (tertiary/aromatic N) is 1. The molecule has 1 heterocycles. The molecule has 2 aromatic rings. The number of thioether (sulfide) groups is 1. The molecule has 0 radical (unpaired) electrons. The molecule has 5 nitrogen and oxygen atoms in total. The average molecular weight is 349 g/mol. The molecular formula is C17H20FN3O2S. The van der Waals surface area contributed by atoms with Crippen LogP contribution in [0.25, 0.3) is 10.9 Å². The van der Waals surface area contributed by atoms with Gasteiger partial charge < -0.3 is 5.32 Å². The van der Waals surface area contributed by atoms with Crippen LogP contribution in [0.4, 0.5) is 4.39 Å². The Balaban J connectivity index is 1.81. The zero-order valence-corrected chi connectivity index (χ0v) is 14.3. The summed E-state index contributed by atoms with van der Waals surface area (Å²) in [5.41, 5.74) is -0.755. The van der Waals surface area contributed by atoms with Crippen molar-refractivity contribution in [2.24, 2.45) is 0 Å². The summed E-state index contributed by atoms with van der Waals surface area (Å²) >= 11 is 1.77. The summed E-state index contributed by atoms with van der Waals surface area (Å²) in [6.45, 7) is 0.509. The van der Waals surface area contributed by atoms with Crippen molar-refractivity contribution in [2.75, 3.05) is 12.8 Å². The quantitative estimate of drug-likeness (QED) is 0.890. The van der Waals surface area contributed by atoms with Crippen LogP contribution in [-0.2, 0) is 0 Å². The molecule has 128 valence electrons. The van der Waals surface area contributed by atoms with Crippen LogP contribution in [0.1, 0.15) is 42.6 Å². The highest BCUT2D eigenvalue weighted by molar-refractivity contribution is 8.00. The van der Waals surface area contributed by atoms with Gasteiger partial charge in [0.1, 0.15) is 11.3 Å². The molecule has 3 rings (SSSR count). The minimum Gasteiger partial charge on any atom is -0.349 e. The fourth-order valence-electron chi connectivity index (χ4n) is 3.25. The Morgan fingerprint density at radius 2 is 2.12 bits per heavy atom. The number of carbonyl (C=O) groups excluding carboxylic acids is 1. The van der Waals surface area contributed by atoms with E-state index in [0.717, 1.165) is 25.7 Å². The molecule has 0 saturated heterocycles. The van der Waals surface area contributed by atoms with E-state index in [0.29, 0.717) is 6.54 Å². The molecule has 1 aromatic heterocycles. The lowest BCUT2D eigenvalue weighted by atomic mass is 9.88. The minimum atomic E-state index is -0.562. The maximum Gasteiger partial charge on any atom is 0.275 e. The Labute approximate surface area is 143 Å². The van der Waals surface area contributed by atoms with E-state index >= 15 is 0 Å². The Hall–Kier alpha value is -1.89. The van der Waals surface area contributed by atoms with Gasteiger partial charge in [0.05, 0.1) is 5.39 Å². The fraction of sp³-hybridized carbons (Fsp3) is 0.471. The number of aromatic amines is 1. The van der Waals surface area contributed by atoms with E-state index in [1.165, 1.54) is 24.6 Å². The zero-order chi connectivity index (χ0) is 17.2. The van der Waals surface area contributed by atoms with Crippen LogP contribution in [-0.4, -0.2) is 33.7 Å². The summed E-state index contributed by atoms with van der Waals surface area (Å²) in [5.74, 6) is -1.07. The van der Waals surface area contributed by atoms with E-state index in [2.05, 4.69) is 21.8 Å². The van der Waals surface area contributed by atoms with Gasteiger partial charge in [-0.1, -0.05) is 25.3 Å². The van der Waals surface area contributed by atoms with Gasteiger partial charge in [-0.2, -0.15) is 16.9 Å². The first kappa shape index (κ1) is 17.0. The lowest BCUT2D eigenvalue weighted by molar-refractivity contribution is 0.0940. The summed E-state index contributed by atoms with van der Waals surface area (Å²) in [4.78, 5) is 24.8. The van der Waals surface area contributed by atoms with Gasteiger partial charge in [0.15, 0.2) is 5.69 Å². The number of hydrogen-bond acceptors (Lipinski definition) is 4. The van der Waals surface area contributed by atoms with Crippen molar-refractivity contribution in [3.05, 3.63) is 39.9 Å². The monoisotopic (exact) mass is 349 g/mol. The van der Waals surface area contributed by atoms with E-state index < -0.39 is 17.2 Å². The first-order chi connectivity index (χ1) is 11.6. The third-order valence-corrected chi connectivity index (χ3v) is 6.16. The van der Waals surface area contributed by atoms with E-state index in [1.54, 1.807) is 11.8 Å². The summed E-state index contributed by atoms with van der Waals surface area (Å²) < 4.78 is 13.7. The molecule has 0 spiro atoms. The number of halogens is 1. The molecule has 7 heteroatoms. The maximum absolute atomic E-state index is 13.7. The predicted molar refractivity (Wildman–Crippen MR) is 94.0 cm³/mol. The Morgan fingerprint density at radius 3 is 2.83 bits per heavy atom. The minimum absolute atomic E-state index is 0.0203. The van der Waals surface area contributed by atoms with Crippen LogP contribution < -0.4 is 10.7 Å². The summed E-state index contributed by atoms with van der Waals surface area (Å²) in [5, 5.41) is 9.24. The molecule has 1 amide bonds. The number of rotatable bonds is 4. The van der Waals surface area contributed by atoms with Crippen LogP contribution in [0.5, 0.6) is 0 Å². The first-order valence-electron chi connectivity index (χ1n) is 8.07. The zero-order valence-electron chi connectivity index (χ0n) is 13.5. The highest BCUT2D eigenvalue weighted by Gasteiger charge is 2.32. The second kappa shape index (κ2) is 6.93. The molecule has 1 aliphatic rings. The molecule has 1 aliphatic carbocycles. The number of benzene rings is 1. The molecule has 0 unspecified atom stereocenters. The standard InChI is InChI=1S/C17H20FN3O2S/c1-24-17(8-3-2-4-9-17)10-19-16(23)14-15(22)11-6-5-7-12(18)13(11)20-21-14/h5-7H,2-4,8-10H2,1H3,(H,19,23)(H,20,22). The molecule has 1 fully saturated rings. The van der Waals surface area contributed by atoms with E-state index in [-0.39, 0.29) is 21.3 Å². The highest BCUT2D eigenvalue weighted by Crippen LogP contribution is 2.37. The van der Waals surface area contributed by atoms with E-state index in [4.69, 9.17) is 0 Å². The average Bonchev–Trinajstić information content (AvgIpc) is 2.61. The molecule has 2 N–H and O–H groups in total. The lowest BCUT2D eigenvalue weighted by Gasteiger charge is -2.35. The van der Waals surface area contributed by atoms with Crippen molar-refractivity contribution in [1.29, 1.82) is 0 Å².